The summed E-state index contributed by atoms with van der Waals surface area (Å²) in [5.41, 5.74) is 1.25. The molecule has 4 rings (SSSR count). The van der Waals surface area contributed by atoms with Gasteiger partial charge in [-0.25, -0.2) is 4.98 Å². The minimum atomic E-state index is -0.367. The molecule has 0 spiro atoms. The predicted octanol–water partition coefficient (Wildman–Crippen LogP) is 0.769. The van der Waals surface area contributed by atoms with Crippen LogP contribution in [0.4, 0.5) is 0 Å². The van der Waals surface area contributed by atoms with Gasteiger partial charge in [-0.05, 0) is 17.7 Å². The van der Waals surface area contributed by atoms with Crippen molar-refractivity contribution >= 4 is 17.5 Å². The highest BCUT2D eigenvalue weighted by Gasteiger charge is 2.25. The van der Waals surface area contributed by atoms with Gasteiger partial charge in [0.25, 0.3) is 11.5 Å². The molecule has 1 fully saturated rings. The van der Waals surface area contributed by atoms with Crippen LogP contribution in [0.1, 0.15) is 15.9 Å². The molecule has 2 aromatic heterocycles. The van der Waals surface area contributed by atoms with Gasteiger partial charge in [-0.1, -0.05) is 36.4 Å². The van der Waals surface area contributed by atoms with Gasteiger partial charge in [0.15, 0.2) is 0 Å². The van der Waals surface area contributed by atoms with Crippen LogP contribution >= 0.6 is 0 Å². The number of aromatic nitrogens is 2. The SMILES string of the molecule is O=C(CN1CCN(C(=O)c2cnc3ccccn3c2=O)CC1)NCc1ccccc1. The van der Waals surface area contributed by atoms with E-state index in [1.54, 1.807) is 29.3 Å². The van der Waals surface area contributed by atoms with E-state index in [4.69, 9.17) is 0 Å². The standard InChI is InChI=1S/C22H23N5O3/c28-20(24-14-17-6-2-1-3-7-17)16-25-10-12-26(13-11-25)21(29)18-15-23-19-8-4-5-9-27(19)22(18)30/h1-9,15H,10-14,16H2,(H,24,28). The summed E-state index contributed by atoms with van der Waals surface area (Å²) in [6.45, 7) is 2.86. The van der Waals surface area contributed by atoms with Gasteiger partial charge in [0, 0.05) is 45.1 Å². The van der Waals surface area contributed by atoms with E-state index in [1.807, 2.05) is 35.2 Å². The highest BCUT2D eigenvalue weighted by atomic mass is 16.2. The van der Waals surface area contributed by atoms with E-state index in [9.17, 15) is 14.4 Å². The Morgan fingerprint density at radius 1 is 0.967 bits per heavy atom. The van der Waals surface area contributed by atoms with Crippen LogP contribution in [0.5, 0.6) is 0 Å². The number of rotatable bonds is 5. The Hall–Kier alpha value is -3.52. The van der Waals surface area contributed by atoms with Gasteiger partial charge in [0.05, 0.1) is 6.54 Å². The molecule has 1 aliphatic heterocycles. The van der Waals surface area contributed by atoms with Gasteiger partial charge < -0.3 is 10.2 Å². The molecule has 0 bridgehead atoms. The highest BCUT2D eigenvalue weighted by molar-refractivity contribution is 5.93. The van der Waals surface area contributed by atoms with Crippen LogP contribution in [0.25, 0.3) is 5.65 Å². The molecule has 0 radical (unpaired) electrons. The van der Waals surface area contributed by atoms with E-state index < -0.39 is 0 Å². The fourth-order valence-corrected chi connectivity index (χ4v) is 3.51. The van der Waals surface area contributed by atoms with Crippen LogP contribution in [0.15, 0.2) is 65.7 Å². The molecule has 1 aliphatic rings. The van der Waals surface area contributed by atoms with Crippen molar-refractivity contribution in [2.24, 2.45) is 0 Å². The van der Waals surface area contributed by atoms with Crippen molar-refractivity contribution in [3.63, 3.8) is 0 Å². The van der Waals surface area contributed by atoms with E-state index in [2.05, 4.69) is 10.3 Å². The molecule has 0 unspecified atom stereocenters. The van der Waals surface area contributed by atoms with E-state index in [-0.39, 0.29) is 29.5 Å². The first-order valence-corrected chi connectivity index (χ1v) is 9.90. The number of hydrogen-bond donors (Lipinski definition) is 1. The summed E-state index contributed by atoms with van der Waals surface area (Å²) < 4.78 is 1.38. The molecule has 30 heavy (non-hydrogen) atoms. The Balaban J connectivity index is 1.31. The lowest BCUT2D eigenvalue weighted by atomic mass is 10.2. The van der Waals surface area contributed by atoms with Crippen molar-refractivity contribution in [3.05, 3.63) is 82.4 Å². The van der Waals surface area contributed by atoms with E-state index in [0.29, 0.717) is 38.4 Å². The largest absolute Gasteiger partial charge is 0.351 e. The Morgan fingerprint density at radius 3 is 2.47 bits per heavy atom. The Kier molecular flexibility index (Phi) is 5.85. The van der Waals surface area contributed by atoms with Gasteiger partial charge >= 0.3 is 0 Å². The third-order valence-electron chi connectivity index (χ3n) is 5.20. The van der Waals surface area contributed by atoms with Crippen LogP contribution in [-0.2, 0) is 11.3 Å². The van der Waals surface area contributed by atoms with Gasteiger partial charge in [0.2, 0.25) is 5.91 Å². The minimum absolute atomic E-state index is 0.0457. The first-order chi connectivity index (χ1) is 14.6. The third-order valence-corrected chi connectivity index (χ3v) is 5.20. The number of benzene rings is 1. The number of amides is 2. The number of nitrogens with zero attached hydrogens (tertiary/aromatic N) is 4. The van der Waals surface area contributed by atoms with Crippen LogP contribution in [0.3, 0.4) is 0 Å². The lowest BCUT2D eigenvalue weighted by Crippen LogP contribution is -2.51. The normalized spacial score (nSPS) is 14.6. The average molecular weight is 405 g/mol. The quantitative estimate of drug-likeness (QED) is 0.678. The zero-order valence-corrected chi connectivity index (χ0v) is 16.5. The average Bonchev–Trinajstić information content (AvgIpc) is 2.79. The summed E-state index contributed by atoms with van der Waals surface area (Å²) >= 11 is 0. The van der Waals surface area contributed by atoms with Gasteiger partial charge in [-0.15, -0.1) is 0 Å². The lowest BCUT2D eigenvalue weighted by molar-refractivity contribution is -0.122. The number of fused-ring (bicyclic) bond motifs is 1. The van der Waals surface area contributed by atoms with E-state index in [1.165, 1.54) is 10.6 Å². The molecule has 2 amide bonds. The molecule has 3 heterocycles. The molecule has 154 valence electrons. The second kappa shape index (κ2) is 8.87. The number of piperazine rings is 1. The smallest absolute Gasteiger partial charge is 0.270 e. The summed E-state index contributed by atoms with van der Waals surface area (Å²) in [4.78, 5) is 45.5. The predicted molar refractivity (Wildman–Crippen MR) is 112 cm³/mol. The van der Waals surface area contributed by atoms with Crippen molar-refractivity contribution in [1.29, 1.82) is 0 Å². The minimum Gasteiger partial charge on any atom is -0.351 e. The summed E-state index contributed by atoms with van der Waals surface area (Å²) in [5.74, 6) is -0.366. The maximum absolute atomic E-state index is 12.8. The topological polar surface area (TPSA) is 87.0 Å². The second-order valence-electron chi connectivity index (χ2n) is 7.24. The summed E-state index contributed by atoms with van der Waals surface area (Å²) in [6.07, 6.45) is 2.96. The maximum Gasteiger partial charge on any atom is 0.270 e. The zero-order valence-electron chi connectivity index (χ0n) is 16.5. The zero-order chi connectivity index (χ0) is 20.9. The number of carbonyl (C=O) groups excluding carboxylic acids is 2. The van der Waals surface area contributed by atoms with Crippen molar-refractivity contribution < 1.29 is 9.59 Å². The number of nitrogens with one attached hydrogen (secondary N) is 1. The molecule has 0 saturated carbocycles. The molecular formula is C22H23N5O3. The summed E-state index contributed by atoms with van der Waals surface area (Å²) in [6, 6.07) is 15.0. The fraction of sp³-hybridized carbons (Fsp3) is 0.273. The Labute approximate surface area is 173 Å². The first-order valence-electron chi connectivity index (χ1n) is 9.90. The molecule has 0 atom stereocenters. The maximum atomic E-state index is 12.8. The third kappa shape index (κ3) is 4.38. The molecule has 1 saturated heterocycles. The molecule has 8 heteroatoms. The van der Waals surface area contributed by atoms with Gasteiger partial charge in [-0.2, -0.15) is 0 Å². The van der Waals surface area contributed by atoms with E-state index >= 15 is 0 Å². The number of pyridine rings is 1. The number of carbonyl (C=O) groups is 2. The molecule has 1 aromatic carbocycles. The van der Waals surface area contributed by atoms with Crippen LogP contribution in [0, 0.1) is 0 Å². The molecule has 8 nitrogen and oxygen atoms in total. The van der Waals surface area contributed by atoms with Crippen molar-refractivity contribution in [2.75, 3.05) is 32.7 Å². The Bertz CT molecular complexity index is 1100. The summed E-state index contributed by atoms with van der Waals surface area (Å²) in [7, 11) is 0. The lowest BCUT2D eigenvalue weighted by Gasteiger charge is -2.34. The monoisotopic (exact) mass is 405 g/mol. The molecule has 1 N–H and O–H groups in total. The second-order valence-corrected chi connectivity index (χ2v) is 7.24. The molecule has 3 aromatic rings. The van der Waals surface area contributed by atoms with Gasteiger partial charge in [0.1, 0.15) is 11.2 Å². The fourth-order valence-electron chi connectivity index (χ4n) is 3.51. The van der Waals surface area contributed by atoms with Gasteiger partial charge in [-0.3, -0.25) is 23.7 Å². The summed E-state index contributed by atoms with van der Waals surface area (Å²) in [5, 5.41) is 2.92. The van der Waals surface area contributed by atoms with E-state index in [0.717, 1.165) is 5.56 Å². The highest BCUT2D eigenvalue weighted by Crippen LogP contribution is 2.07. The van der Waals surface area contributed by atoms with Crippen LogP contribution in [0.2, 0.25) is 0 Å². The van der Waals surface area contributed by atoms with Crippen molar-refractivity contribution in [1.82, 2.24) is 24.5 Å². The van der Waals surface area contributed by atoms with Crippen LogP contribution in [-0.4, -0.2) is 63.7 Å². The Morgan fingerprint density at radius 2 is 1.70 bits per heavy atom. The van der Waals surface area contributed by atoms with Crippen molar-refractivity contribution in [2.45, 2.75) is 6.54 Å². The number of hydrogen-bond acceptors (Lipinski definition) is 5. The molecular weight excluding hydrogens is 382 g/mol. The van der Waals surface area contributed by atoms with Crippen molar-refractivity contribution in [3.8, 4) is 0 Å². The van der Waals surface area contributed by atoms with Crippen LogP contribution < -0.4 is 10.9 Å². The molecule has 0 aliphatic carbocycles. The first kappa shape index (κ1) is 19.8.